The molecular formula is C23H23FN6O7. The molecule has 0 bridgehead atoms. The molecule has 2 aromatic heterocycles. The third-order valence-corrected chi connectivity index (χ3v) is 5.91. The largest absolute Gasteiger partial charge is 0.493 e. The molecule has 1 aliphatic rings. The van der Waals surface area contributed by atoms with Crippen molar-refractivity contribution < 1.29 is 39.5 Å². The fraction of sp³-hybridized carbons (Fsp3) is 0.304. The number of halogens is 1. The number of hydrogen-bond acceptors (Lipinski definition) is 11. The number of benzene rings is 2. The summed E-state index contributed by atoms with van der Waals surface area (Å²) >= 11 is 0. The van der Waals surface area contributed by atoms with Crippen LogP contribution < -0.4 is 4.84 Å². The molecule has 0 spiro atoms. The van der Waals surface area contributed by atoms with Gasteiger partial charge in [-0.15, -0.1) is 10.2 Å². The molecule has 1 aliphatic heterocycles. The molecule has 5 atom stereocenters. The Kier molecular flexibility index (Phi) is 6.82. The molecule has 0 unspecified atom stereocenters. The van der Waals surface area contributed by atoms with Gasteiger partial charge in [0.05, 0.1) is 30.6 Å². The van der Waals surface area contributed by atoms with Crippen LogP contribution >= 0.6 is 0 Å². The van der Waals surface area contributed by atoms with E-state index in [0.29, 0.717) is 22.3 Å². The first-order valence-corrected chi connectivity index (χ1v) is 11.2. The molecule has 1 saturated heterocycles. The Morgan fingerprint density at radius 3 is 2.51 bits per heavy atom. The van der Waals surface area contributed by atoms with Crippen molar-refractivity contribution in [1.82, 2.24) is 19.7 Å². The molecule has 0 amide bonds. The Morgan fingerprint density at radius 1 is 1.00 bits per heavy atom. The number of nitrogens with zero attached hydrogens (tertiary/aromatic N) is 6. The zero-order valence-corrected chi connectivity index (χ0v) is 19.1. The van der Waals surface area contributed by atoms with Gasteiger partial charge in [-0.2, -0.15) is 5.11 Å². The highest BCUT2D eigenvalue weighted by molar-refractivity contribution is 5.95. The Bertz CT molecular complexity index is 1410. The predicted molar refractivity (Wildman–Crippen MR) is 124 cm³/mol. The van der Waals surface area contributed by atoms with E-state index in [2.05, 4.69) is 20.5 Å². The number of aliphatic hydroxyl groups is 4. The van der Waals surface area contributed by atoms with E-state index in [1.54, 1.807) is 24.3 Å². The lowest BCUT2D eigenvalue weighted by atomic mass is 9.99. The average Bonchev–Trinajstić information content (AvgIpc) is 3.46. The second-order valence-electron chi connectivity index (χ2n) is 8.37. The van der Waals surface area contributed by atoms with Gasteiger partial charge in [0.25, 0.3) is 6.29 Å². The zero-order valence-electron chi connectivity index (χ0n) is 19.1. The van der Waals surface area contributed by atoms with Crippen molar-refractivity contribution in [2.45, 2.75) is 37.3 Å². The van der Waals surface area contributed by atoms with Crippen molar-refractivity contribution >= 4 is 22.3 Å². The second kappa shape index (κ2) is 10.2. The van der Waals surface area contributed by atoms with Gasteiger partial charge in [-0.3, -0.25) is 0 Å². The minimum Gasteiger partial charge on any atom is -0.493 e. The van der Waals surface area contributed by atoms with Crippen LogP contribution in [0.2, 0.25) is 0 Å². The third-order valence-electron chi connectivity index (χ3n) is 5.91. The Balaban J connectivity index is 1.37. The molecular weight excluding hydrogens is 491 g/mol. The van der Waals surface area contributed by atoms with Crippen molar-refractivity contribution in [2.24, 2.45) is 10.2 Å². The van der Waals surface area contributed by atoms with E-state index in [0.717, 1.165) is 4.85 Å². The van der Waals surface area contributed by atoms with Crippen molar-refractivity contribution in [3.63, 3.8) is 0 Å². The number of fused-ring (bicyclic) bond motifs is 1. The van der Waals surface area contributed by atoms with Gasteiger partial charge in [-0.1, -0.05) is 23.0 Å². The molecule has 14 heteroatoms. The van der Waals surface area contributed by atoms with Crippen molar-refractivity contribution in [3.05, 3.63) is 66.2 Å². The van der Waals surface area contributed by atoms with Crippen LogP contribution in [0.4, 0.5) is 15.8 Å². The number of para-hydroxylation sites is 1. The Hall–Kier alpha value is -3.95. The van der Waals surface area contributed by atoms with E-state index < -0.39 is 43.1 Å². The molecule has 3 heterocycles. The first-order valence-electron chi connectivity index (χ1n) is 11.2. The Labute approximate surface area is 208 Å². The maximum atomic E-state index is 13.2. The molecule has 2 aromatic carbocycles. The summed E-state index contributed by atoms with van der Waals surface area (Å²) in [6.45, 7) is -0.551. The number of azo groups is 1. The van der Waals surface area contributed by atoms with E-state index in [-0.39, 0.29) is 18.1 Å². The molecule has 5 N–H and O–H groups in total. The number of rotatable bonds is 7. The van der Waals surface area contributed by atoms with Crippen molar-refractivity contribution in [1.29, 1.82) is 0 Å². The van der Waals surface area contributed by atoms with Crippen molar-refractivity contribution in [2.75, 3.05) is 6.61 Å². The highest BCUT2D eigenvalue weighted by Crippen LogP contribution is 2.39. The van der Waals surface area contributed by atoms with Crippen molar-refractivity contribution in [3.8, 4) is 5.88 Å². The lowest BCUT2D eigenvalue weighted by molar-refractivity contribution is -0.303. The minimum atomic E-state index is -1.61. The molecule has 5 rings (SSSR count). The molecule has 0 saturated carbocycles. The predicted octanol–water partition coefficient (Wildman–Crippen LogP) is 0.770. The van der Waals surface area contributed by atoms with Gasteiger partial charge in [0.15, 0.2) is 5.69 Å². The molecule has 0 radical (unpaired) electrons. The van der Waals surface area contributed by atoms with Crippen LogP contribution in [-0.2, 0) is 11.3 Å². The summed E-state index contributed by atoms with van der Waals surface area (Å²) in [5, 5.41) is 66.9. The summed E-state index contributed by atoms with van der Waals surface area (Å²) < 4.78 is 20.0. The van der Waals surface area contributed by atoms with E-state index in [1.165, 1.54) is 35.0 Å². The number of ether oxygens (including phenoxy) is 1. The van der Waals surface area contributed by atoms with E-state index >= 15 is 0 Å². The summed E-state index contributed by atoms with van der Waals surface area (Å²) in [5.74, 6) is -0.585. The quantitative estimate of drug-likeness (QED) is 0.223. The normalized spacial score (nSPS) is 24.2. The summed E-state index contributed by atoms with van der Waals surface area (Å²) in [7, 11) is 0. The Morgan fingerprint density at radius 2 is 1.76 bits per heavy atom. The average molecular weight is 514 g/mol. The van der Waals surface area contributed by atoms with Gasteiger partial charge < -0.3 is 39.7 Å². The maximum Gasteiger partial charge on any atom is 0.256 e. The third kappa shape index (κ3) is 4.87. The molecule has 4 aromatic rings. The monoisotopic (exact) mass is 514 g/mol. The molecule has 37 heavy (non-hydrogen) atoms. The first kappa shape index (κ1) is 24.7. The second-order valence-corrected chi connectivity index (χ2v) is 8.37. The highest BCUT2D eigenvalue weighted by atomic mass is 19.1. The lowest BCUT2D eigenvalue weighted by Crippen LogP contribution is -2.61. The summed E-state index contributed by atoms with van der Waals surface area (Å²) in [6.07, 6.45) is -5.96. The number of aromatic nitrogens is 4. The number of aromatic hydroxyl groups is 1. The van der Waals surface area contributed by atoms with Gasteiger partial charge >= 0.3 is 0 Å². The SMILES string of the molecule is OC[C@H]1O[C@@H](On2cc(Cn3c(O)c(N=Nc4ccc(F)cc4)c4ccccc43)nn2)[C@H](O)[C@@H](O)[C@H]1O. The topological polar surface area (TPSA) is 180 Å². The van der Waals surface area contributed by atoms with Crippen LogP contribution in [0, 0.1) is 5.82 Å². The zero-order chi connectivity index (χ0) is 26.1. The highest BCUT2D eigenvalue weighted by Gasteiger charge is 2.45. The fourth-order valence-electron chi connectivity index (χ4n) is 3.97. The molecule has 13 nitrogen and oxygen atoms in total. The van der Waals surface area contributed by atoms with Gasteiger partial charge in [0.2, 0.25) is 5.88 Å². The van der Waals surface area contributed by atoms with Crippen LogP contribution in [0.5, 0.6) is 5.88 Å². The number of aliphatic hydroxyl groups excluding tert-OH is 4. The van der Waals surface area contributed by atoms with Crippen LogP contribution in [0.25, 0.3) is 10.9 Å². The minimum absolute atomic E-state index is 0.0520. The van der Waals surface area contributed by atoms with Crippen LogP contribution in [-0.4, -0.2) is 82.6 Å². The van der Waals surface area contributed by atoms with E-state index in [4.69, 9.17) is 9.57 Å². The van der Waals surface area contributed by atoms with Crippen LogP contribution in [0.15, 0.2) is 65.0 Å². The first-order chi connectivity index (χ1) is 17.9. The van der Waals surface area contributed by atoms with Gasteiger partial charge in [0.1, 0.15) is 35.9 Å². The summed E-state index contributed by atoms with van der Waals surface area (Å²) in [6, 6.07) is 12.6. The number of hydrogen-bond donors (Lipinski definition) is 5. The smallest absolute Gasteiger partial charge is 0.256 e. The standard InChI is InChI=1S/C23H23FN6O7/c24-12-5-7-13(8-6-12)25-27-18-15-3-1-2-4-16(15)29(22(18)35)9-14-10-30(28-26-14)37-23-21(34)20(33)19(32)17(11-31)36-23/h1-8,10,17,19-21,23,31-35H,9,11H2/t17-,19+,20+,21-,23+/m1/s1. The van der Waals surface area contributed by atoms with Gasteiger partial charge in [-0.05, 0) is 35.5 Å². The summed E-state index contributed by atoms with van der Waals surface area (Å²) in [4.78, 5) is 6.32. The molecule has 194 valence electrons. The van der Waals surface area contributed by atoms with E-state index in [1.807, 2.05) is 0 Å². The fourth-order valence-corrected chi connectivity index (χ4v) is 3.97. The van der Waals surface area contributed by atoms with Gasteiger partial charge in [-0.25, -0.2) is 4.39 Å². The summed E-state index contributed by atoms with van der Waals surface area (Å²) in [5.41, 5.74) is 1.61. The van der Waals surface area contributed by atoms with Crippen LogP contribution in [0.1, 0.15) is 5.69 Å². The van der Waals surface area contributed by atoms with E-state index in [9.17, 15) is 29.9 Å². The van der Waals surface area contributed by atoms with Gasteiger partial charge in [0, 0.05) is 5.39 Å². The maximum absolute atomic E-state index is 13.2. The molecule has 1 fully saturated rings. The molecule has 0 aliphatic carbocycles. The lowest BCUT2D eigenvalue weighted by Gasteiger charge is -2.38. The van der Waals surface area contributed by atoms with Crippen LogP contribution in [0.3, 0.4) is 0 Å².